The molecular formula is C15H19N3S. The lowest BCUT2D eigenvalue weighted by molar-refractivity contribution is 0.395. The highest BCUT2D eigenvalue weighted by Crippen LogP contribution is 2.28. The Labute approximate surface area is 118 Å². The number of anilines is 1. The van der Waals surface area contributed by atoms with Gasteiger partial charge in [0.1, 0.15) is 0 Å². The van der Waals surface area contributed by atoms with Crippen LogP contribution >= 0.6 is 11.3 Å². The number of nitrogens with zero attached hydrogens (tertiary/aromatic N) is 2. The van der Waals surface area contributed by atoms with Crippen LogP contribution in [0.1, 0.15) is 24.3 Å². The summed E-state index contributed by atoms with van der Waals surface area (Å²) in [6.07, 6.45) is 1.97. The Morgan fingerprint density at radius 1 is 1.37 bits per heavy atom. The summed E-state index contributed by atoms with van der Waals surface area (Å²) in [6, 6.07) is 8.67. The molecular weight excluding hydrogens is 254 g/mol. The van der Waals surface area contributed by atoms with Gasteiger partial charge in [-0.05, 0) is 25.5 Å². The van der Waals surface area contributed by atoms with Crippen LogP contribution in [0.15, 0.2) is 36.0 Å². The molecule has 100 valence electrons. The number of para-hydroxylation sites is 1. The Morgan fingerprint density at radius 3 is 3.00 bits per heavy atom. The zero-order valence-electron chi connectivity index (χ0n) is 11.4. The molecule has 1 aromatic carbocycles. The fourth-order valence-corrected chi connectivity index (χ4v) is 3.18. The van der Waals surface area contributed by atoms with Crippen LogP contribution in [0, 0.1) is 0 Å². The average Bonchev–Trinajstić information content (AvgIpc) is 2.84. The van der Waals surface area contributed by atoms with Crippen molar-refractivity contribution in [3.63, 3.8) is 0 Å². The van der Waals surface area contributed by atoms with E-state index in [0.717, 1.165) is 19.6 Å². The van der Waals surface area contributed by atoms with Gasteiger partial charge < -0.3 is 10.2 Å². The molecule has 19 heavy (non-hydrogen) atoms. The van der Waals surface area contributed by atoms with Gasteiger partial charge in [-0.1, -0.05) is 18.2 Å². The highest BCUT2D eigenvalue weighted by atomic mass is 32.1. The summed E-state index contributed by atoms with van der Waals surface area (Å²) in [6.45, 7) is 7.40. The maximum atomic E-state index is 4.18. The van der Waals surface area contributed by atoms with Crippen molar-refractivity contribution in [3.05, 3.63) is 46.4 Å². The summed E-state index contributed by atoms with van der Waals surface area (Å²) < 4.78 is 0. The molecule has 0 amide bonds. The number of hydrogen-bond donors (Lipinski definition) is 1. The van der Waals surface area contributed by atoms with Crippen LogP contribution < -0.4 is 10.2 Å². The maximum Gasteiger partial charge on any atom is 0.0794 e. The van der Waals surface area contributed by atoms with E-state index in [1.165, 1.54) is 16.1 Å². The Hall–Kier alpha value is -1.39. The van der Waals surface area contributed by atoms with Gasteiger partial charge in [0.2, 0.25) is 0 Å². The van der Waals surface area contributed by atoms with E-state index in [2.05, 4.69) is 53.3 Å². The second-order valence-corrected chi connectivity index (χ2v) is 6.66. The first-order chi connectivity index (χ1) is 9.14. The molecule has 4 heteroatoms. The fourth-order valence-electron chi connectivity index (χ4n) is 2.57. The van der Waals surface area contributed by atoms with E-state index in [-0.39, 0.29) is 5.54 Å². The summed E-state index contributed by atoms with van der Waals surface area (Å²) in [7, 11) is 0. The molecule has 0 saturated carbocycles. The number of nitrogens with one attached hydrogen (secondary N) is 1. The third kappa shape index (κ3) is 2.80. The molecule has 1 aliphatic rings. The number of fused-ring (bicyclic) bond motifs is 1. The largest absolute Gasteiger partial charge is 0.364 e. The summed E-state index contributed by atoms with van der Waals surface area (Å²) >= 11 is 1.72. The number of hydrogen-bond acceptors (Lipinski definition) is 4. The van der Waals surface area contributed by atoms with Gasteiger partial charge in [-0.3, -0.25) is 4.98 Å². The standard InChI is InChI=1S/C15H19N3S/c1-15(2)10-18(9-13-8-16-11-19-13)14-6-4-3-5-12(14)7-17-15/h3-6,8,11,17H,7,9-10H2,1-2H3. The van der Waals surface area contributed by atoms with E-state index in [0.29, 0.717) is 0 Å². The summed E-state index contributed by atoms with van der Waals surface area (Å²) in [5, 5.41) is 3.63. The Bertz CT molecular complexity index is 548. The van der Waals surface area contributed by atoms with Gasteiger partial charge >= 0.3 is 0 Å². The molecule has 0 spiro atoms. The lowest BCUT2D eigenvalue weighted by atomic mass is 10.1. The Kier molecular flexibility index (Phi) is 3.29. The van der Waals surface area contributed by atoms with Crippen LogP contribution in [0.25, 0.3) is 0 Å². The topological polar surface area (TPSA) is 28.2 Å². The van der Waals surface area contributed by atoms with Crippen LogP contribution in [0.3, 0.4) is 0 Å². The lowest BCUT2D eigenvalue weighted by Gasteiger charge is -2.31. The van der Waals surface area contributed by atoms with Gasteiger partial charge in [0.05, 0.1) is 12.1 Å². The van der Waals surface area contributed by atoms with Gasteiger partial charge in [-0.15, -0.1) is 11.3 Å². The van der Waals surface area contributed by atoms with Crippen LogP contribution in [0.2, 0.25) is 0 Å². The molecule has 1 aromatic heterocycles. The van der Waals surface area contributed by atoms with E-state index in [9.17, 15) is 0 Å². The van der Waals surface area contributed by atoms with Crippen molar-refractivity contribution in [1.29, 1.82) is 0 Å². The predicted molar refractivity (Wildman–Crippen MR) is 80.5 cm³/mol. The monoisotopic (exact) mass is 273 g/mol. The first-order valence-electron chi connectivity index (χ1n) is 6.59. The van der Waals surface area contributed by atoms with Crippen molar-refractivity contribution in [2.75, 3.05) is 11.4 Å². The van der Waals surface area contributed by atoms with Crippen molar-refractivity contribution in [2.24, 2.45) is 0 Å². The van der Waals surface area contributed by atoms with E-state index >= 15 is 0 Å². The van der Waals surface area contributed by atoms with Crippen molar-refractivity contribution in [2.45, 2.75) is 32.5 Å². The lowest BCUT2D eigenvalue weighted by Crippen LogP contribution is -2.46. The van der Waals surface area contributed by atoms with Crippen molar-refractivity contribution in [3.8, 4) is 0 Å². The van der Waals surface area contributed by atoms with E-state index in [1.807, 2.05) is 11.7 Å². The molecule has 2 aromatic rings. The van der Waals surface area contributed by atoms with Gasteiger partial charge in [-0.2, -0.15) is 0 Å². The Balaban J connectivity index is 1.94. The van der Waals surface area contributed by atoms with Gasteiger partial charge in [0, 0.05) is 35.4 Å². The molecule has 0 saturated heterocycles. The van der Waals surface area contributed by atoms with Crippen molar-refractivity contribution < 1.29 is 0 Å². The molecule has 0 atom stereocenters. The van der Waals surface area contributed by atoms with Crippen molar-refractivity contribution in [1.82, 2.24) is 10.3 Å². The number of aromatic nitrogens is 1. The van der Waals surface area contributed by atoms with Gasteiger partial charge in [0.15, 0.2) is 0 Å². The first-order valence-corrected chi connectivity index (χ1v) is 7.47. The molecule has 0 aliphatic carbocycles. The Morgan fingerprint density at radius 2 is 2.21 bits per heavy atom. The van der Waals surface area contributed by atoms with Crippen LogP contribution in [0.4, 0.5) is 5.69 Å². The van der Waals surface area contributed by atoms with Crippen LogP contribution in [0.5, 0.6) is 0 Å². The number of benzene rings is 1. The van der Waals surface area contributed by atoms with Gasteiger partial charge in [0.25, 0.3) is 0 Å². The SMILES string of the molecule is CC1(C)CN(Cc2cncs2)c2ccccc2CN1. The summed E-state index contributed by atoms with van der Waals surface area (Å²) in [4.78, 5) is 7.95. The second-order valence-electron chi connectivity index (χ2n) is 5.69. The highest BCUT2D eigenvalue weighted by molar-refractivity contribution is 7.09. The molecule has 0 radical (unpaired) electrons. The number of rotatable bonds is 2. The molecule has 1 aliphatic heterocycles. The summed E-state index contributed by atoms with van der Waals surface area (Å²) in [5.41, 5.74) is 4.73. The minimum absolute atomic E-state index is 0.115. The highest BCUT2D eigenvalue weighted by Gasteiger charge is 2.26. The van der Waals surface area contributed by atoms with E-state index in [4.69, 9.17) is 0 Å². The number of thiazole rings is 1. The minimum atomic E-state index is 0.115. The second kappa shape index (κ2) is 4.94. The fraction of sp³-hybridized carbons (Fsp3) is 0.400. The predicted octanol–water partition coefficient (Wildman–Crippen LogP) is 3.03. The molecule has 0 fully saturated rings. The van der Waals surface area contributed by atoms with Crippen LogP contribution in [-0.2, 0) is 13.1 Å². The molecule has 0 bridgehead atoms. The van der Waals surface area contributed by atoms with E-state index in [1.54, 1.807) is 11.3 Å². The first kappa shape index (κ1) is 12.6. The maximum absolute atomic E-state index is 4.18. The molecule has 2 heterocycles. The van der Waals surface area contributed by atoms with Gasteiger partial charge in [-0.25, -0.2) is 0 Å². The third-order valence-corrected chi connectivity index (χ3v) is 4.27. The quantitative estimate of drug-likeness (QED) is 0.911. The summed E-state index contributed by atoms with van der Waals surface area (Å²) in [5.74, 6) is 0. The van der Waals surface area contributed by atoms with Crippen LogP contribution in [-0.4, -0.2) is 17.1 Å². The van der Waals surface area contributed by atoms with E-state index < -0.39 is 0 Å². The third-order valence-electron chi connectivity index (χ3n) is 3.51. The smallest absolute Gasteiger partial charge is 0.0794 e. The normalized spacial score (nSPS) is 17.9. The minimum Gasteiger partial charge on any atom is -0.364 e. The zero-order valence-corrected chi connectivity index (χ0v) is 12.2. The molecule has 1 N–H and O–H groups in total. The molecule has 3 rings (SSSR count). The molecule has 3 nitrogen and oxygen atoms in total. The average molecular weight is 273 g/mol. The van der Waals surface area contributed by atoms with Crippen molar-refractivity contribution >= 4 is 17.0 Å². The molecule has 0 unspecified atom stereocenters. The zero-order chi connectivity index (χ0) is 13.3.